The van der Waals surface area contributed by atoms with Crippen molar-refractivity contribution in [2.24, 2.45) is 4.99 Å². The van der Waals surface area contributed by atoms with Crippen molar-refractivity contribution < 1.29 is 18.4 Å². The molecule has 0 saturated heterocycles. The van der Waals surface area contributed by atoms with Gasteiger partial charge in [0.25, 0.3) is 0 Å². The van der Waals surface area contributed by atoms with Crippen molar-refractivity contribution in [1.82, 2.24) is 15.4 Å². The molecule has 0 saturated carbocycles. The number of aromatic amines is 1. The second kappa shape index (κ2) is 6.31. The number of nitrogens with one attached hydrogen (secondary N) is 2. The first-order valence-electron chi connectivity index (χ1n) is 6.38. The smallest absolute Gasteiger partial charge is 0.201 e. The number of halogens is 5. The molecule has 0 aliphatic rings. The highest BCUT2D eigenvalue weighted by molar-refractivity contribution is 6.31. The number of nitrogens with zero attached hydrogens (tertiary/aromatic N) is 2. The van der Waals surface area contributed by atoms with Crippen LogP contribution in [0, 0.1) is 17.5 Å². The molecule has 3 aromatic rings. The van der Waals surface area contributed by atoms with Gasteiger partial charge in [0.05, 0.1) is 16.2 Å². The molecule has 10 heteroatoms. The van der Waals surface area contributed by atoms with E-state index in [9.17, 15) is 18.4 Å². The zero-order valence-corrected chi connectivity index (χ0v) is 13.1. The fourth-order valence-electron chi connectivity index (χ4n) is 2.09. The maximum atomic E-state index is 13.8. The highest BCUT2D eigenvalue weighted by Gasteiger charge is 2.19. The third-order valence-electron chi connectivity index (χ3n) is 3.14. The fourth-order valence-corrected chi connectivity index (χ4v) is 2.44. The molecular formula is C14H7Cl2F3N4O. The predicted molar refractivity (Wildman–Crippen MR) is 83.5 cm³/mol. The van der Waals surface area contributed by atoms with Gasteiger partial charge < -0.3 is 4.98 Å². The lowest BCUT2D eigenvalue weighted by Gasteiger charge is -2.08. The van der Waals surface area contributed by atoms with Crippen LogP contribution in [0.15, 0.2) is 29.3 Å². The van der Waals surface area contributed by atoms with Crippen molar-refractivity contribution in [3.05, 3.63) is 57.6 Å². The van der Waals surface area contributed by atoms with E-state index in [1.165, 1.54) is 12.1 Å². The van der Waals surface area contributed by atoms with Crippen molar-refractivity contribution in [3.8, 4) is 0 Å². The van der Waals surface area contributed by atoms with E-state index in [-0.39, 0.29) is 38.4 Å². The van der Waals surface area contributed by atoms with Gasteiger partial charge in [-0.1, -0.05) is 11.6 Å². The average molecular weight is 375 g/mol. The van der Waals surface area contributed by atoms with Gasteiger partial charge in [0.2, 0.25) is 5.28 Å². The molecule has 124 valence electrons. The van der Waals surface area contributed by atoms with Gasteiger partial charge in [-0.05, 0) is 35.9 Å². The Bertz CT molecular complexity index is 974. The Morgan fingerprint density at radius 3 is 2.58 bits per heavy atom. The second-order valence-electron chi connectivity index (χ2n) is 4.64. The topological polar surface area (TPSA) is 73.3 Å². The number of hydrogen-bond acceptors (Lipinski definition) is 3. The lowest BCUT2D eigenvalue weighted by Crippen LogP contribution is -2.21. The van der Waals surface area contributed by atoms with Gasteiger partial charge in [0, 0.05) is 5.56 Å². The Balaban J connectivity index is 2.21. The number of H-pyrrole nitrogens is 1. The Morgan fingerprint density at radius 1 is 1.17 bits per heavy atom. The second-order valence-corrected chi connectivity index (χ2v) is 5.41. The summed E-state index contributed by atoms with van der Waals surface area (Å²) in [6, 6.07) is 4.37. The van der Waals surface area contributed by atoms with Crippen molar-refractivity contribution >= 4 is 45.8 Å². The molecule has 3 rings (SSSR count). The van der Waals surface area contributed by atoms with Gasteiger partial charge >= 0.3 is 0 Å². The molecule has 3 N–H and O–H groups in total. The number of hydroxylamine groups is 1. The van der Waals surface area contributed by atoms with E-state index in [0.717, 1.165) is 12.1 Å². The first kappa shape index (κ1) is 16.6. The van der Waals surface area contributed by atoms with E-state index in [1.807, 2.05) is 0 Å². The van der Waals surface area contributed by atoms with Crippen molar-refractivity contribution in [2.75, 3.05) is 0 Å². The zero-order valence-electron chi connectivity index (χ0n) is 11.5. The Labute approximate surface area is 142 Å². The van der Waals surface area contributed by atoms with E-state index in [0.29, 0.717) is 0 Å². The monoisotopic (exact) mass is 374 g/mol. The number of aliphatic imine (C=N–C) groups is 1. The highest BCUT2D eigenvalue weighted by Crippen LogP contribution is 2.26. The van der Waals surface area contributed by atoms with E-state index in [2.05, 4.69) is 15.0 Å². The Kier molecular flexibility index (Phi) is 4.35. The van der Waals surface area contributed by atoms with E-state index >= 15 is 0 Å². The minimum atomic E-state index is -1.21. The van der Waals surface area contributed by atoms with E-state index in [4.69, 9.17) is 23.2 Å². The molecule has 5 nitrogen and oxygen atoms in total. The number of benzene rings is 2. The van der Waals surface area contributed by atoms with Crippen LogP contribution in [0.2, 0.25) is 10.3 Å². The molecule has 2 aromatic carbocycles. The molecule has 0 radical (unpaired) electrons. The molecule has 0 amide bonds. The minimum absolute atomic E-state index is 0.0207. The number of aromatic nitrogens is 2. The van der Waals surface area contributed by atoms with Gasteiger partial charge in [0.15, 0.2) is 17.5 Å². The maximum absolute atomic E-state index is 13.8. The quantitative estimate of drug-likeness (QED) is 0.354. The summed E-state index contributed by atoms with van der Waals surface area (Å²) in [5.74, 6) is -3.30. The summed E-state index contributed by atoms with van der Waals surface area (Å²) in [6.07, 6.45) is 0. The standard InChI is InChI=1S/C14H7Cl2F3N4O/c15-7-3-5(1-2-8(7)17)20-13(23-24)6-4-9(18)10(19)12-11(6)21-14(16)22-12/h1-4,24H,(H,20,23)(H,21,22). The molecule has 0 atom stereocenters. The number of hydrogen-bond donors (Lipinski definition) is 3. The molecule has 0 fully saturated rings. The first-order chi connectivity index (χ1) is 11.4. The van der Waals surface area contributed by atoms with Gasteiger partial charge in [-0.3, -0.25) is 10.7 Å². The largest absolute Gasteiger partial charge is 0.328 e. The summed E-state index contributed by atoms with van der Waals surface area (Å²) in [7, 11) is 0. The summed E-state index contributed by atoms with van der Waals surface area (Å²) in [4.78, 5) is 10.2. The summed E-state index contributed by atoms with van der Waals surface area (Å²) in [5.41, 5.74) is 1.58. The molecule has 0 spiro atoms. The lowest BCUT2D eigenvalue weighted by molar-refractivity contribution is 0.235. The van der Waals surface area contributed by atoms with Gasteiger partial charge in [0.1, 0.15) is 11.3 Å². The van der Waals surface area contributed by atoms with Crippen LogP contribution in [0.5, 0.6) is 0 Å². The molecule has 24 heavy (non-hydrogen) atoms. The van der Waals surface area contributed by atoms with Crippen LogP contribution in [0.1, 0.15) is 5.56 Å². The first-order valence-corrected chi connectivity index (χ1v) is 7.13. The average Bonchev–Trinajstić information content (AvgIpc) is 2.94. The van der Waals surface area contributed by atoms with Gasteiger partial charge in [-0.15, -0.1) is 0 Å². The van der Waals surface area contributed by atoms with Crippen molar-refractivity contribution in [1.29, 1.82) is 0 Å². The molecule has 0 aliphatic heterocycles. The number of fused-ring (bicyclic) bond motifs is 1. The van der Waals surface area contributed by atoms with Crippen LogP contribution in [-0.4, -0.2) is 21.0 Å². The molecule has 1 aromatic heterocycles. The Hall–Kier alpha value is -2.29. The van der Waals surface area contributed by atoms with E-state index < -0.39 is 17.5 Å². The lowest BCUT2D eigenvalue weighted by atomic mass is 10.1. The van der Waals surface area contributed by atoms with Crippen LogP contribution in [0.3, 0.4) is 0 Å². The van der Waals surface area contributed by atoms with Crippen molar-refractivity contribution in [2.45, 2.75) is 0 Å². The highest BCUT2D eigenvalue weighted by atomic mass is 35.5. The predicted octanol–water partition coefficient (Wildman–Crippen LogP) is 4.34. The summed E-state index contributed by atoms with van der Waals surface area (Å²) < 4.78 is 40.7. The van der Waals surface area contributed by atoms with Crippen LogP contribution in [0.25, 0.3) is 11.0 Å². The van der Waals surface area contributed by atoms with Gasteiger partial charge in [-0.25, -0.2) is 23.1 Å². The summed E-state index contributed by atoms with van der Waals surface area (Å²) >= 11 is 11.3. The van der Waals surface area contributed by atoms with Crippen LogP contribution in [0.4, 0.5) is 18.9 Å². The third kappa shape index (κ3) is 2.91. The molecule has 0 aliphatic carbocycles. The fraction of sp³-hybridized carbons (Fsp3) is 0. The van der Waals surface area contributed by atoms with Crippen LogP contribution in [-0.2, 0) is 0 Å². The SMILES string of the molecule is ONC(=Nc1ccc(F)c(Cl)c1)c1cc(F)c(F)c2nc(Cl)[nH]c12. The number of imidazole rings is 1. The van der Waals surface area contributed by atoms with Gasteiger partial charge in [-0.2, -0.15) is 0 Å². The molecule has 0 unspecified atom stereocenters. The minimum Gasteiger partial charge on any atom is -0.328 e. The van der Waals surface area contributed by atoms with E-state index in [1.54, 1.807) is 5.48 Å². The zero-order chi connectivity index (χ0) is 17.4. The molecular weight excluding hydrogens is 368 g/mol. The van der Waals surface area contributed by atoms with Crippen molar-refractivity contribution in [3.63, 3.8) is 0 Å². The maximum Gasteiger partial charge on any atom is 0.201 e. The third-order valence-corrected chi connectivity index (χ3v) is 3.61. The summed E-state index contributed by atoms with van der Waals surface area (Å²) in [6.45, 7) is 0. The number of rotatable bonds is 2. The number of amidine groups is 1. The van der Waals surface area contributed by atoms with Crippen LogP contribution >= 0.6 is 23.2 Å². The summed E-state index contributed by atoms with van der Waals surface area (Å²) in [5, 5.41) is 8.96. The Morgan fingerprint density at radius 2 is 1.92 bits per heavy atom. The molecule has 0 bridgehead atoms. The normalized spacial score (nSPS) is 12.0. The molecule has 1 heterocycles. The van der Waals surface area contributed by atoms with Crippen LogP contribution < -0.4 is 5.48 Å².